The minimum Gasteiger partial charge on any atom is -0.390 e. The first-order chi connectivity index (χ1) is 3.72. The summed E-state index contributed by atoms with van der Waals surface area (Å²) in [5.41, 5.74) is 8.09. The van der Waals surface area contributed by atoms with Crippen molar-refractivity contribution in [1.29, 1.82) is 0 Å². The van der Waals surface area contributed by atoms with Crippen LogP contribution >= 0.6 is 23.7 Å². The van der Waals surface area contributed by atoms with E-state index in [2.05, 4.69) is 12.3 Å². The lowest BCUT2D eigenvalue weighted by Crippen LogP contribution is -1.81. The maximum atomic E-state index is 5.56. The van der Waals surface area contributed by atoms with E-state index in [0.29, 0.717) is 0 Å². The first kappa shape index (κ1) is 8.79. The Kier molecular flexibility index (Phi) is 3.01. The highest BCUT2D eigenvalue weighted by Gasteiger charge is 1.96. The summed E-state index contributed by atoms with van der Waals surface area (Å²) in [6, 6.07) is 0. The maximum absolute atomic E-state index is 5.56. The molecule has 52 valence electrons. The smallest absolute Gasteiger partial charge is 0.0888 e. The summed E-state index contributed by atoms with van der Waals surface area (Å²) in [4.78, 5) is 0. The van der Waals surface area contributed by atoms with Crippen molar-refractivity contribution in [2.75, 3.05) is 5.73 Å². The van der Waals surface area contributed by atoms with Crippen molar-refractivity contribution in [3.8, 4) is 0 Å². The predicted molar refractivity (Wildman–Crippen MR) is 45.5 cm³/mol. The maximum Gasteiger partial charge on any atom is 0.0888 e. The third-order valence-corrected chi connectivity index (χ3v) is 2.36. The molecule has 0 amide bonds. The zero-order valence-electron chi connectivity index (χ0n) is 5.47. The lowest BCUT2D eigenvalue weighted by Gasteiger charge is -1.86. The van der Waals surface area contributed by atoms with Gasteiger partial charge in [0.05, 0.1) is 5.00 Å². The highest BCUT2D eigenvalue weighted by atomic mass is 35.5. The van der Waals surface area contributed by atoms with Gasteiger partial charge in [-0.2, -0.15) is 0 Å². The molecule has 0 atom stereocenters. The van der Waals surface area contributed by atoms with Crippen LogP contribution in [0.4, 0.5) is 5.00 Å². The predicted octanol–water partition coefficient (Wildman–Crippen LogP) is 2.37. The van der Waals surface area contributed by atoms with E-state index in [1.807, 2.05) is 6.92 Å². The summed E-state index contributed by atoms with van der Waals surface area (Å²) in [6.45, 7) is 4.11. The second-order valence-corrected chi connectivity index (χ2v) is 2.82. The number of rotatable bonds is 0. The van der Waals surface area contributed by atoms with Gasteiger partial charge in [-0.15, -0.1) is 23.7 Å². The van der Waals surface area contributed by atoms with Crippen LogP contribution in [0.25, 0.3) is 0 Å². The minimum atomic E-state index is 0. The van der Waals surface area contributed by atoms with Crippen LogP contribution in [-0.4, -0.2) is 0 Å². The fraction of sp³-hybridized carbons (Fsp3) is 0.333. The Labute approximate surface area is 65.3 Å². The van der Waals surface area contributed by atoms with Gasteiger partial charge in [0.25, 0.3) is 0 Å². The molecule has 1 aromatic heterocycles. The number of anilines is 1. The lowest BCUT2D eigenvalue weighted by molar-refractivity contribution is 1.41. The summed E-state index contributed by atoms with van der Waals surface area (Å²) in [7, 11) is 0. The van der Waals surface area contributed by atoms with Crippen LogP contribution < -0.4 is 5.73 Å². The van der Waals surface area contributed by atoms with Crippen LogP contribution in [0.15, 0.2) is 5.38 Å². The molecule has 0 aliphatic carbocycles. The normalized spacial score (nSPS) is 8.67. The van der Waals surface area contributed by atoms with Gasteiger partial charge < -0.3 is 5.73 Å². The van der Waals surface area contributed by atoms with E-state index in [4.69, 9.17) is 5.73 Å². The topological polar surface area (TPSA) is 26.0 Å². The Morgan fingerprint density at radius 2 is 2.00 bits per heavy atom. The van der Waals surface area contributed by atoms with Crippen LogP contribution in [0.3, 0.4) is 0 Å². The highest BCUT2D eigenvalue weighted by Crippen LogP contribution is 2.22. The zero-order valence-corrected chi connectivity index (χ0v) is 7.10. The summed E-state index contributed by atoms with van der Waals surface area (Å²) in [5, 5.41) is 3.02. The molecule has 0 radical (unpaired) electrons. The van der Waals surface area contributed by atoms with Crippen LogP contribution in [0.1, 0.15) is 11.1 Å². The van der Waals surface area contributed by atoms with E-state index in [1.54, 1.807) is 11.3 Å². The van der Waals surface area contributed by atoms with Gasteiger partial charge in [0.1, 0.15) is 0 Å². The Bertz CT molecular complexity index is 175. The molecule has 1 nitrogen and oxygen atoms in total. The fourth-order valence-corrected chi connectivity index (χ4v) is 1.34. The molecule has 0 unspecified atom stereocenters. The quantitative estimate of drug-likeness (QED) is 0.625. The van der Waals surface area contributed by atoms with Gasteiger partial charge in [-0.3, -0.25) is 0 Å². The number of nitrogens with two attached hydrogens (primary N) is 1. The summed E-state index contributed by atoms with van der Waals surface area (Å²) < 4.78 is 0. The Balaban J connectivity index is 0.000000640. The van der Waals surface area contributed by atoms with Crippen LogP contribution in [0.2, 0.25) is 0 Å². The van der Waals surface area contributed by atoms with Crippen molar-refractivity contribution in [3.05, 3.63) is 16.5 Å². The van der Waals surface area contributed by atoms with Gasteiger partial charge in [0, 0.05) is 0 Å². The van der Waals surface area contributed by atoms with Crippen LogP contribution in [0.5, 0.6) is 0 Å². The number of halogens is 1. The molecule has 3 heteroatoms. The second kappa shape index (κ2) is 3.08. The molecule has 0 bridgehead atoms. The number of hydrogen-bond donors (Lipinski definition) is 1. The third-order valence-electron chi connectivity index (χ3n) is 1.32. The number of aryl methyl sites for hydroxylation is 1. The Morgan fingerprint density at radius 1 is 1.44 bits per heavy atom. The fourth-order valence-electron chi connectivity index (χ4n) is 0.523. The average Bonchev–Trinajstić information content (AvgIpc) is 1.98. The van der Waals surface area contributed by atoms with Gasteiger partial charge in [-0.1, -0.05) is 0 Å². The molecular formula is C6H10ClNS. The average molecular weight is 164 g/mol. The summed E-state index contributed by atoms with van der Waals surface area (Å²) >= 11 is 1.61. The lowest BCUT2D eigenvalue weighted by atomic mass is 10.2. The molecule has 0 spiro atoms. The Morgan fingerprint density at radius 3 is 2.11 bits per heavy atom. The van der Waals surface area contributed by atoms with Gasteiger partial charge in [0.2, 0.25) is 0 Å². The van der Waals surface area contributed by atoms with E-state index < -0.39 is 0 Å². The number of nitrogen functional groups attached to an aromatic ring is 1. The highest BCUT2D eigenvalue weighted by molar-refractivity contribution is 7.14. The molecule has 2 N–H and O–H groups in total. The largest absolute Gasteiger partial charge is 0.390 e. The van der Waals surface area contributed by atoms with E-state index in [9.17, 15) is 0 Å². The molecule has 0 fully saturated rings. The zero-order chi connectivity index (χ0) is 6.15. The molecule has 0 aliphatic rings. The number of hydrogen-bond acceptors (Lipinski definition) is 2. The summed E-state index contributed by atoms with van der Waals surface area (Å²) in [6.07, 6.45) is 0. The first-order valence-electron chi connectivity index (χ1n) is 2.52. The van der Waals surface area contributed by atoms with Crippen molar-refractivity contribution >= 4 is 28.7 Å². The van der Waals surface area contributed by atoms with Crippen molar-refractivity contribution in [3.63, 3.8) is 0 Å². The van der Waals surface area contributed by atoms with Crippen LogP contribution in [-0.2, 0) is 0 Å². The van der Waals surface area contributed by atoms with Crippen molar-refractivity contribution < 1.29 is 0 Å². The van der Waals surface area contributed by atoms with Gasteiger partial charge in [-0.05, 0) is 30.4 Å². The molecule has 1 aromatic rings. The molecule has 0 aromatic carbocycles. The minimum absolute atomic E-state index is 0. The van der Waals surface area contributed by atoms with Gasteiger partial charge in [0.15, 0.2) is 0 Å². The molecule has 1 heterocycles. The molecular weight excluding hydrogens is 154 g/mol. The van der Waals surface area contributed by atoms with E-state index >= 15 is 0 Å². The molecule has 0 saturated carbocycles. The second-order valence-electron chi connectivity index (χ2n) is 1.91. The molecule has 0 saturated heterocycles. The van der Waals surface area contributed by atoms with Crippen LogP contribution in [0, 0.1) is 13.8 Å². The molecule has 0 aliphatic heterocycles. The van der Waals surface area contributed by atoms with Gasteiger partial charge in [-0.25, -0.2) is 0 Å². The monoisotopic (exact) mass is 163 g/mol. The molecule has 9 heavy (non-hydrogen) atoms. The number of thiophene rings is 1. The van der Waals surface area contributed by atoms with Gasteiger partial charge >= 0.3 is 0 Å². The van der Waals surface area contributed by atoms with Crippen molar-refractivity contribution in [1.82, 2.24) is 0 Å². The third kappa shape index (κ3) is 1.60. The Hall–Kier alpha value is -0.210. The summed E-state index contributed by atoms with van der Waals surface area (Å²) in [5.74, 6) is 0. The molecule has 1 rings (SSSR count). The van der Waals surface area contributed by atoms with E-state index in [1.165, 1.54) is 11.1 Å². The SMILES string of the molecule is Cc1csc(N)c1C.Cl. The standard InChI is InChI=1S/C6H9NS.ClH/c1-4-3-8-6(7)5(4)2;/h3H,7H2,1-2H3;1H. The van der Waals surface area contributed by atoms with E-state index in [0.717, 1.165) is 5.00 Å². The first-order valence-corrected chi connectivity index (χ1v) is 3.40. The van der Waals surface area contributed by atoms with Crippen molar-refractivity contribution in [2.24, 2.45) is 0 Å². The van der Waals surface area contributed by atoms with Crippen molar-refractivity contribution in [2.45, 2.75) is 13.8 Å². The van der Waals surface area contributed by atoms with E-state index in [-0.39, 0.29) is 12.4 Å².